The van der Waals surface area contributed by atoms with Crippen LogP contribution >= 0.6 is 11.8 Å². The maximum atomic E-state index is 13.7. The van der Waals surface area contributed by atoms with Gasteiger partial charge in [0, 0.05) is 23.2 Å². The average molecular weight is 434 g/mol. The van der Waals surface area contributed by atoms with E-state index in [1.807, 2.05) is 13.8 Å². The molecular weight excluding hydrogens is 414 g/mol. The lowest BCUT2D eigenvalue weighted by atomic mass is 10.1. The van der Waals surface area contributed by atoms with Gasteiger partial charge in [0.1, 0.15) is 22.5 Å². The third-order valence-corrected chi connectivity index (χ3v) is 5.25. The van der Waals surface area contributed by atoms with Gasteiger partial charge in [0.05, 0.1) is 12.2 Å². The summed E-state index contributed by atoms with van der Waals surface area (Å²) in [6, 6.07) is 6.31. The number of hydrogen-bond acceptors (Lipinski definition) is 5. The zero-order valence-electron chi connectivity index (χ0n) is 16.3. The summed E-state index contributed by atoms with van der Waals surface area (Å²) in [5.41, 5.74) is 6.29. The Hall–Kier alpha value is -3.14. The first-order valence-electron chi connectivity index (χ1n) is 9.06. The van der Waals surface area contributed by atoms with Crippen LogP contribution in [0.25, 0.3) is 0 Å². The first-order chi connectivity index (χ1) is 14.2. The standard InChI is InChI=1S/C20H20F2N4O3S/c1-11(2)18-19(30-15-6-13(21)5-14(22)7-15)26(16(25-18)10-29-20(23)28)9-12-3-4-17(27)24-8-12/h3-8,11H,9-10H2,1-2H3,(H2,23,28)(H,24,27). The molecular formula is C20H20F2N4O3S. The number of rotatable bonds is 7. The first kappa shape index (κ1) is 21.6. The van der Waals surface area contributed by atoms with Crippen LogP contribution in [0.15, 0.2) is 51.2 Å². The van der Waals surface area contributed by atoms with Crippen molar-refractivity contribution in [1.29, 1.82) is 0 Å². The lowest BCUT2D eigenvalue weighted by molar-refractivity contribution is 0.145. The van der Waals surface area contributed by atoms with Crippen LogP contribution in [0.5, 0.6) is 0 Å². The number of nitrogens with two attached hydrogens (primary N) is 1. The summed E-state index contributed by atoms with van der Waals surface area (Å²) in [6.07, 6.45) is 0.618. The molecule has 10 heteroatoms. The van der Waals surface area contributed by atoms with Gasteiger partial charge in [-0.2, -0.15) is 0 Å². The van der Waals surface area contributed by atoms with Crippen LogP contribution in [0.1, 0.15) is 36.8 Å². The molecule has 0 aliphatic carbocycles. The number of nitrogens with zero attached hydrogens (tertiary/aromatic N) is 2. The number of carbonyl (C=O) groups is 1. The van der Waals surface area contributed by atoms with Crippen molar-refractivity contribution in [2.45, 2.75) is 42.8 Å². The molecule has 7 nitrogen and oxygen atoms in total. The summed E-state index contributed by atoms with van der Waals surface area (Å²) in [6.45, 7) is 3.98. The number of amides is 1. The second kappa shape index (κ2) is 9.12. The van der Waals surface area contributed by atoms with Gasteiger partial charge in [-0.05, 0) is 23.6 Å². The van der Waals surface area contributed by atoms with E-state index in [2.05, 4.69) is 9.97 Å². The molecule has 0 saturated carbocycles. The lowest BCUT2D eigenvalue weighted by Crippen LogP contribution is -2.16. The van der Waals surface area contributed by atoms with Crippen LogP contribution in [0.3, 0.4) is 0 Å². The van der Waals surface area contributed by atoms with Crippen molar-refractivity contribution in [2.24, 2.45) is 5.73 Å². The van der Waals surface area contributed by atoms with Crippen molar-refractivity contribution in [3.63, 3.8) is 0 Å². The maximum absolute atomic E-state index is 13.7. The minimum atomic E-state index is -0.943. The van der Waals surface area contributed by atoms with Crippen LogP contribution in [0.2, 0.25) is 0 Å². The fourth-order valence-corrected chi connectivity index (χ4v) is 4.05. The number of nitrogens with one attached hydrogen (secondary N) is 1. The molecule has 0 radical (unpaired) electrons. The molecule has 1 aromatic carbocycles. The van der Waals surface area contributed by atoms with E-state index in [1.54, 1.807) is 16.8 Å². The molecule has 0 fully saturated rings. The molecule has 0 aliphatic rings. The molecule has 0 unspecified atom stereocenters. The Morgan fingerprint density at radius 3 is 2.53 bits per heavy atom. The largest absolute Gasteiger partial charge is 0.442 e. The van der Waals surface area contributed by atoms with Crippen LogP contribution < -0.4 is 11.3 Å². The van der Waals surface area contributed by atoms with E-state index in [1.165, 1.54) is 18.2 Å². The Morgan fingerprint density at radius 1 is 1.27 bits per heavy atom. The zero-order valence-corrected chi connectivity index (χ0v) is 17.1. The summed E-state index contributed by atoms with van der Waals surface area (Å²) in [7, 11) is 0. The van der Waals surface area contributed by atoms with Gasteiger partial charge in [0.2, 0.25) is 5.56 Å². The number of pyridine rings is 1. The molecule has 0 spiro atoms. The maximum Gasteiger partial charge on any atom is 0.404 e. The Labute approximate surface area is 175 Å². The minimum absolute atomic E-state index is 0.0185. The zero-order chi connectivity index (χ0) is 21.8. The fraction of sp³-hybridized carbons (Fsp3) is 0.250. The lowest BCUT2D eigenvalue weighted by Gasteiger charge is -2.13. The normalized spacial score (nSPS) is 11.1. The number of halogens is 2. The van der Waals surface area contributed by atoms with Crippen molar-refractivity contribution in [3.8, 4) is 0 Å². The van der Waals surface area contributed by atoms with Gasteiger partial charge < -0.3 is 20.0 Å². The molecule has 3 rings (SSSR count). The van der Waals surface area contributed by atoms with Crippen molar-refractivity contribution in [2.75, 3.05) is 0 Å². The monoisotopic (exact) mass is 434 g/mol. The van der Waals surface area contributed by atoms with Crippen LogP contribution in [0.4, 0.5) is 13.6 Å². The highest BCUT2D eigenvalue weighted by Crippen LogP contribution is 2.36. The third-order valence-electron chi connectivity index (χ3n) is 4.16. The molecule has 2 aromatic heterocycles. The second-order valence-corrected chi connectivity index (χ2v) is 7.90. The smallest absolute Gasteiger partial charge is 0.404 e. The van der Waals surface area contributed by atoms with Crippen LogP contribution in [0, 0.1) is 11.6 Å². The third kappa shape index (κ3) is 5.26. The molecule has 3 N–H and O–H groups in total. The first-order valence-corrected chi connectivity index (χ1v) is 9.87. The van der Waals surface area contributed by atoms with Crippen molar-refractivity contribution >= 4 is 17.9 Å². The van der Waals surface area contributed by atoms with Crippen molar-refractivity contribution in [3.05, 3.63) is 75.6 Å². The number of benzene rings is 1. The topological polar surface area (TPSA) is 103 Å². The predicted octanol–water partition coefficient (Wildman–Crippen LogP) is 3.77. The van der Waals surface area contributed by atoms with E-state index in [0.717, 1.165) is 23.4 Å². The summed E-state index contributed by atoms with van der Waals surface area (Å²) >= 11 is 1.15. The molecule has 3 aromatic rings. The highest BCUT2D eigenvalue weighted by molar-refractivity contribution is 7.99. The number of H-pyrrole nitrogens is 1. The average Bonchev–Trinajstić information content (AvgIpc) is 2.98. The van der Waals surface area contributed by atoms with Gasteiger partial charge in [-0.25, -0.2) is 18.6 Å². The Balaban J connectivity index is 2.09. The summed E-state index contributed by atoms with van der Waals surface area (Å²) in [4.78, 5) is 30.0. The van der Waals surface area contributed by atoms with E-state index < -0.39 is 17.7 Å². The summed E-state index contributed by atoms with van der Waals surface area (Å²) in [5, 5.41) is 0.643. The predicted molar refractivity (Wildman–Crippen MR) is 107 cm³/mol. The van der Waals surface area contributed by atoms with E-state index in [9.17, 15) is 18.4 Å². The molecule has 1 amide bonds. The molecule has 2 heterocycles. The van der Waals surface area contributed by atoms with Gasteiger partial charge in [-0.15, -0.1) is 0 Å². The van der Waals surface area contributed by atoms with Crippen LogP contribution in [-0.2, 0) is 17.9 Å². The van der Waals surface area contributed by atoms with Crippen molar-refractivity contribution in [1.82, 2.24) is 14.5 Å². The number of hydrogen-bond donors (Lipinski definition) is 2. The number of aromatic nitrogens is 3. The van der Waals surface area contributed by atoms with E-state index in [0.29, 0.717) is 21.4 Å². The Kier molecular flexibility index (Phi) is 6.56. The van der Waals surface area contributed by atoms with Gasteiger partial charge >= 0.3 is 6.09 Å². The molecule has 158 valence electrons. The number of primary amides is 1. The van der Waals surface area contributed by atoms with Gasteiger partial charge in [0.25, 0.3) is 0 Å². The van der Waals surface area contributed by atoms with Crippen molar-refractivity contribution < 1.29 is 18.3 Å². The Bertz CT molecular complexity index is 1090. The molecule has 30 heavy (non-hydrogen) atoms. The molecule has 0 aliphatic heterocycles. The quantitative estimate of drug-likeness (QED) is 0.589. The van der Waals surface area contributed by atoms with E-state index >= 15 is 0 Å². The fourth-order valence-electron chi connectivity index (χ4n) is 2.82. The molecule has 0 bridgehead atoms. The van der Waals surface area contributed by atoms with Gasteiger partial charge in [-0.1, -0.05) is 31.7 Å². The Morgan fingerprint density at radius 2 is 1.97 bits per heavy atom. The van der Waals surface area contributed by atoms with Gasteiger partial charge in [-0.3, -0.25) is 4.79 Å². The summed E-state index contributed by atoms with van der Waals surface area (Å²) < 4.78 is 34.1. The number of ether oxygens (including phenoxy) is 1. The second-order valence-electron chi connectivity index (χ2n) is 6.84. The molecule has 0 saturated heterocycles. The van der Waals surface area contributed by atoms with E-state index in [-0.39, 0.29) is 24.6 Å². The SMILES string of the molecule is CC(C)c1nc(COC(N)=O)n(Cc2ccc(=O)[nH]c2)c1Sc1cc(F)cc(F)c1. The van der Waals surface area contributed by atoms with Crippen LogP contribution in [-0.4, -0.2) is 20.6 Å². The number of carbonyl (C=O) groups excluding carboxylic acids is 1. The number of imidazole rings is 1. The number of aromatic amines is 1. The summed E-state index contributed by atoms with van der Waals surface area (Å²) in [5.74, 6) is -0.974. The van der Waals surface area contributed by atoms with E-state index in [4.69, 9.17) is 10.5 Å². The minimum Gasteiger partial charge on any atom is -0.442 e. The molecule has 0 atom stereocenters. The highest BCUT2D eigenvalue weighted by atomic mass is 32.2. The highest BCUT2D eigenvalue weighted by Gasteiger charge is 2.22. The van der Waals surface area contributed by atoms with Gasteiger partial charge in [0.15, 0.2) is 6.61 Å².